The number of carbonyl (C=O) groups excluding carboxylic acids is 2. The predicted octanol–water partition coefficient (Wildman–Crippen LogP) is 3.44. The summed E-state index contributed by atoms with van der Waals surface area (Å²) in [4.78, 5) is 23.5. The van der Waals surface area contributed by atoms with Crippen LogP contribution in [-0.4, -0.2) is 24.5 Å². The molecule has 2 rings (SSSR count). The molecular formula is C16H21ClFN3O2. The first-order valence-electron chi connectivity index (χ1n) is 7.84. The van der Waals surface area contributed by atoms with Crippen molar-refractivity contribution in [3.8, 4) is 0 Å². The van der Waals surface area contributed by atoms with Crippen molar-refractivity contribution in [1.29, 1.82) is 0 Å². The number of benzene rings is 1. The zero-order valence-electron chi connectivity index (χ0n) is 12.8. The molecule has 0 aromatic heterocycles. The van der Waals surface area contributed by atoms with Crippen molar-refractivity contribution < 1.29 is 14.0 Å². The third kappa shape index (κ3) is 6.06. The van der Waals surface area contributed by atoms with E-state index in [-0.39, 0.29) is 35.6 Å². The number of rotatable bonds is 5. The molecule has 1 fully saturated rings. The van der Waals surface area contributed by atoms with Gasteiger partial charge in [0.1, 0.15) is 5.82 Å². The molecule has 1 aliphatic rings. The van der Waals surface area contributed by atoms with Crippen LogP contribution in [0.4, 0.5) is 14.9 Å². The molecule has 1 aromatic rings. The van der Waals surface area contributed by atoms with Crippen LogP contribution in [0.15, 0.2) is 18.2 Å². The number of amides is 3. The Morgan fingerprint density at radius 1 is 1.22 bits per heavy atom. The van der Waals surface area contributed by atoms with Crippen LogP contribution in [0, 0.1) is 5.82 Å². The van der Waals surface area contributed by atoms with E-state index >= 15 is 0 Å². The molecule has 1 aliphatic carbocycles. The topological polar surface area (TPSA) is 70.2 Å². The van der Waals surface area contributed by atoms with E-state index in [4.69, 9.17) is 11.6 Å². The van der Waals surface area contributed by atoms with Gasteiger partial charge in [-0.15, -0.1) is 0 Å². The minimum atomic E-state index is -0.525. The fraction of sp³-hybridized carbons (Fsp3) is 0.500. The molecule has 0 aliphatic heterocycles. The number of anilines is 1. The zero-order valence-corrected chi connectivity index (χ0v) is 13.6. The Labute approximate surface area is 140 Å². The highest BCUT2D eigenvalue weighted by Crippen LogP contribution is 2.22. The van der Waals surface area contributed by atoms with Gasteiger partial charge in [0.2, 0.25) is 5.91 Å². The number of carbonyl (C=O) groups is 2. The summed E-state index contributed by atoms with van der Waals surface area (Å²) in [6, 6.07) is 3.45. The summed E-state index contributed by atoms with van der Waals surface area (Å²) >= 11 is 5.86. The third-order valence-electron chi connectivity index (χ3n) is 3.78. The van der Waals surface area contributed by atoms with Crippen molar-refractivity contribution in [2.45, 2.75) is 44.6 Å². The van der Waals surface area contributed by atoms with E-state index in [2.05, 4.69) is 16.0 Å². The molecule has 0 bridgehead atoms. The Kier molecular flexibility index (Phi) is 6.65. The molecule has 3 amide bonds. The van der Waals surface area contributed by atoms with E-state index in [9.17, 15) is 14.0 Å². The summed E-state index contributed by atoms with van der Waals surface area (Å²) < 4.78 is 13.1. The second kappa shape index (κ2) is 8.72. The molecular weight excluding hydrogens is 321 g/mol. The van der Waals surface area contributed by atoms with Crippen LogP contribution in [0.1, 0.15) is 38.5 Å². The maximum Gasteiger partial charge on any atom is 0.319 e. The Balaban J connectivity index is 1.68. The first-order chi connectivity index (χ1) is 11.0. The molecule has 5 nitrogen and oxygen atoms in total. The normalized spacial score (nSPS) is 15.0. The monoisotopic (exact) mass is 341 g/mol. The van der Waals surface area contributed by atoms with E-state index < -0.39 is 11.8 Å². The van der Waals surface area contributed by atoms with Crippen molar-refractivity contribution in [2.75, 3.05) is 11.9 Å². The largest absolute Gasteiger partial charge is 0.353 e. The summed E-state index contributed by atoms with van der Waals surface area (Å²) in [5.74, 6) is -0.558. The van der Waals surface area contributed by atoms with Crippen LogP contribution in [0.3, 0.4) is 0 Å². The van der Waals surface area contributed by atoms with Gasteiger partial charge < -0.3 is 16.0 Å². The van der Waals surface area contributed by atoms with Gasteiger partial charge in [-0.2, -0.15) is 0 Å². The van der Waals surface area contributed by atoms with Crippen LogP contribution in [0.5, 0.6) is 0 Å². The molecule has 23 heavy (non-hydrogen) atoms. The fourth-order valence-corrected chi connectivity index (χ4v) is 2.76. The smallest absolute Gasteiger partial charge is 0.319 e. The van der Waals surface area contributed by atoms with Crippen LogP contribution in [0.2, 0.25) is 5.02 Å². The van der Waals surface area contributed by atoms with Gasteiger partial charge in [-0.05, 0) is 31.0 Å². The second-order valence-electron chi connectivity index (χ2n) is 5.66. The maximum atomic E-state index is 13.1. The number of nitrogens with one attached hydrogen (secondary N) is 3. The van der Waals surface area contributed by atoms with Gasteiger partial charge in [-0.3, -0.25) is 4.79 Å². The van der Waals surface area contributed by atoms with Crippen LogP contribution >= 0.6 is 11.6 Å². The van der Waals surface area contributed by atoms with Gasteiger partial charge in [0.25, 0.3) is 0 Å². The number of hydrogen-bond acceptors (Lipinski definition) is 2. The molecule has 0 atom stereocenters. The van der Waals surface area contributed by atoms with Crippen LogP contribution in [-0.2, 0) is 4.79 Å². The standard InChI is InChI=1S/C16H21ClFN3O2/c17-13-7-6-11(18)10-14(13)21-16(23)19-9-8-15(22)20-12-4-2-1-3-5-12/h6-7,10,12H,1-5,8-9H2,(H,20,22)(H2,19,21,23). The lowest BCUT2D eigenvalue weighted by molar-refractivity contribution is -0.121. The number of urea groups is 1. The van der Waals surface area contributed by atoms with E-state index in [0.29, 0.717) is 0 Å². The zero-order chi connectivity index (χ0) is 16.7. The molecule has 0 saturated heterocycles. The molecule has 7 heteroatoms. The molecule has 0 radical (unpaired) electrons. The number of halogens is 2. The first-order valence-corrected chi connectivity index (χ1v) is 8.21. The third-order valence-corrected chi connectivity index (χ3v) is 4.11. The van der Waals surface area contributed by atoms with Crippen molar-refractivity contribution in [1.82, 2.24) is 10.6 Å². The molecule has 126 valence electrons. The van der Waals surface area contributed by atoms with Gasteiger partial charge in [0.15, 0.2) is 0 Å². The average molecular weight is 342 g/mol. The van der Waals surface area contributed by atoms with Crippen molar-refractivity contribution in [3.63, 3.8) is 0 Å². The first kappa shape index (κ1) is 17.5. The number of hydrogen-bond donors (Lipinski definition) is 3. The molecule has 0 spiro atoms. The average Bonchev–Trinajstić information content (AvgIpc) is 2.52. The highest BCUT2D eigenvalue weighted by atomic mass is 35.5. The van der Waals surface area contributed by atoms with E-state index in [1.165, 1.54) is 18.6 Å². The van der Waals surface area contributed by atoms with Crippen molar-refractivity contribution in [2.24, 2.45) is 0 Å². The van der Waals surface area contributed by atoms with Gasteiger partial charge >= 0.3 is 6.03 Å². The highest BCUT2D eigenvalue weighted by molar-refractivity contribution is 6.33. The Bertz CT molecular complexity index is 562. The lowest BCUT2D eigenvalue weighted by Gasteiger charge is -2.22. The van der Waals surface area contributed by atoms with Gasteiger partial charge in [0, 0.05) is 19.0 Å². The summed E-state index contributed by atoms with van der Waals surface area (Å²) in [6.07, 6.45) is 5.80. The quantitative estimate of drug-likeness (QED) is 0.767. The fourth-order valence-electron chi connectivity index (χ4n) is 2.60. The minimum absolute atomic E-state index is 0.0685. The molecule has 1 aromatic carbocycles. The summed E-state index contributed by atoms with van der Waals surface area (Å²) in [6.45, 7) is 0.206. The molecule has 0 heterocycles. The molecule has 1 saturated carbocycles. The Hall–Kier alpha value is -1.82. The van der Waals surface area contributed by atoms with E-state index in [0.717, 1.165) is 31.7 Å². The van der Waals surface area contributed by atoms with Gasteiger partial charge in [0.05, 0.1) is 10.7 Å². The van der Waals surface area contributed by atoms with Crippen molar-refractivity contribution >= 4 is 29.2 Å². The van der Waals surface area contributed by atoms with E-state index in [1.54, 1.807) is 0 Å². The van der Waals surface area contributed by atoms with Crippen LogP contribution < -0.4 is 16.0 Å². The lowest BCUT2D eigenvalue weighted by Crippen LogP contribution is -2.38. The highest BCUT2D eigenvalue weighted by Gasteiger charge is 2.15. The van der Waals surface area contributed by atoms with E-state index in [1.807, 2.05) is 0 Å². The summed E-state index contributed by atoms with van der Waals surface area (Å²) in [5.41, 5.74) is 0.191. The Morgan fingerprint density at radius 2 is 1.96 bits per heavy atom. The lowest BCUT2D eigenvalue weighted by atomic mass is 9.95. The van der Waals surface area contributed by atoms with Gasteiger partial charge in [-0.1, -0.05) is 30.9 Å². The maximum absolute atomic E-state index is 13.1. The van der Waals surface area contributed by atoms with Crippen LogP contribution in [0.25, 0.3) is 0 Å². The SMILES string of the molecule is O=C(CCNC(=O)Nc1cc(F)ccc1Cl)NC1CCCCC1. The molecule has 0 unspecified atom stereocenters. The van der Waals surface area contributed by atoms with Gasteiger partial charge in [-0.25, -0.2) is 9.18 Å². The summed E-state index contributed by atoms with van der Waals surface area (Å²) in [5, 5.41) is 8.23. The minimum Gasteiger partial charge on any atom is -0.353 e. The second-order valence-corrected chi connectivity index (χ2v) is 6.06. The molecule has 3 N–H and O–H groups in total. The predicted molar refractivity (Wildman–Crippen MR) is 88.1 cm³/mol. The van der Waals surface area contributed by atoms with Crippen molar-refractivity contribution in [3.05, 3.63) is 29.0 Å². The Morgan fingerprint density at radius 3 is 2.70 bits per heavy atom. The summed E-state index contributed by atoms with van der Waals surface area (Å²) in [7, 11) is 0.